The molecule has 26 heavy (non-hydrogen) atoms. The SMILES string of the molecule is N#Cc1c(N)c(C#N)c2c(c1-c1ccccc1Cl)COc1ccccc1-2. The summed E-state index contributed by atoms with van der Waals surface area (Å²) in [5.74, 6) is 0.686. The Kier molecular flexibility index (Phi) is 3.77. The normalized spacial score (nSPS) is 11.5. The maximum atomic E-state index is 9.74. The van der Waals surface area contributed by atoms with Crippen molar-refractivity contribution in [1.29, 1.82) is 10.5 Å². The number of anilines is 1. The molecule has 0 aliphatic carbocycles. The Morgan fingerprint density at radius 1 is 0.885 bits per heavy atom. The van der Waals surface area contributed by atoms with Crippen molar-refractivity contribution in [3.8, 4) is 40.1 Å². The van der Waals surface area contributed by atoms with Crippen LogP contribution in [0.4, 0.5) is 5.69 Å². The summed E-state index contributed by atoms with van der Waals surface area (Å²) in [7, 11) is 0. The second-order valence-electron chi connectivity index (χ2n) is 5.88. The summed E-state index contributed by atoms with van der Waals surface area (Å²) in [4.78, 5) is 0. The molecule has 0 radical (unpaired) electrons. The minimum Gasteiger partial charge on any atom is -0.488 e. The number of rotatable bonds is 1. The number of nitrogens with two attached hydrogens (primary N) is 1. The quantitative estimate of drug-likeness (QED) is 0.628. The number of para-hydroxylation sites is 1. The summed E-state index contributed by atoms with van der Waals surface area (Å²) in [5, 5.41) is 20.0. The summed E-state index contributed by atoms with van der Waals surface area (Å²) in [6.07, 6.45) is 0. The molecule has 0 spiro atoms. The molecule has 2 N–H and O–H groups in total. The fourth-order valence-corrected chi connectivity index (χ4v) is 3.64. The zero-order valence-electron chi connectivity index (χ0n) is 13.6. The van der Waals surface area contributed by atoms with Gasteiger partial charge >= 0.3 is 0 Å². The summed E-state index contributed by atoms with van der Waals surface area (Å²) in [6.45, 7) is 0.233. The molecule has 0 fully saturated rings. The van der Waals surface area contributed by atoms with E-state index in [0.29, 0.717) is 33.0 Å². The zero-order valence-corrected chi connectivity index (χ0v) is 14.3. The van der Waals surface area contributed by atoms with Gasteiger partial charge in [-0.1, -0.05) is 48.0 Å². The van der Waals surface area contributed by atoms with Crippen LogP contribution in [0.1, 0.15) is 16.7 Å². The van der Waals surface area contributed by atoms with Crippen molar-refractivity contribution in [3.63, 3.8) is 0 Å². The van der Waals surface area contributed by atoms with Gasteiger partial charge in [0.2, 0.25) is 0 Å². The van der Waals surface area contributed by atoms with Gasteiger partial charge in [0.25, 0.3) is 0 Å². The van der Waals surface area contributed by atoms with Gasteiger partial charge in [0.1, 0.15) is 24.5 Å². The van der Waals surface area contributed by atoms with E-state index in [0.717, 1.165) is 11.1 Å². The number of ether oxygens (including phenoxy) is 1. The molecular formula is C21H12ClN3O. The van der Waals surface area contributed by atoms with Crippen LogP contribution in [0.15, 0.2) is 48.5 Å². The number of hydrogen-bond donors (Lipinski definition) is 1. The third-order valence-corrected chi connectivity index (χ3v) is 4.87. The van der Waals surface area contributed by atoms with Crippen LogP contribution < -0.4 is 10.5 Å². The third kappa shape index (κ3) is 2.21. The maximum Gasteiger partial charge on any atom is 0.127 e. The van der Waals surface area contributed by atoms with Gasteiger partial charge in [-0.25, -0.2) is 0 Å². The third-order valence-electron chi connectivity index (χ3n) is 4.54. The molecule has 0 amide bonds. The molecule has 0 atom stereocenters. The Labute approximate surface area is 155 Å². The second-order valence-corrected chi connectivity index (χ2v) is 6.29. The van der Waals surface area contributed by atoms with E-state index in [-0.39, 0.29) is 17.9 Å². The van der Waals surface area contributed by atoms with Gasteiger partial charge in [0, 0.05) is 32.8 Å². The van der Waals surface area contributed by atoms with Crippen LogP contribution in [0.3, 0.4) is 0 Å². The molecule has 3 aromatic carbocycles. The monoisotopic (exact) mass is 357 g/mol. The lowest BCUT2D eigenvalue weighted by molar-refractivity contribution is 0.303. The van der Waals surface area contributed by atoms with Crippen molar-refractivity contribution in [1.82, 2.24) is 0 Å². The van der Waals surface area contributed by atoms with Gasteiger partial charge in [-0.3, -0.25) is 0 Å². The predicted molar refractivity (Wildman–Crippen MR) is 100 cm³/mol. The molecule has 124 valence electrons. The molecule has 4 nitrogen and oxygen atoms in total. The van der Waals surface area contributed by atoms with Gasteiger partial charge in [-0.05, 0) is 12.1 Å². The van der Waals surface area contributed by atoms with E-state index >= 15 is 0 Å². The van der Waals surface area contributed by atoms with Gasteiger partial charge < -0.3 is 10.5 Å². The van der Waals surface area contributed by atoms with Crippen molar-refractivity contribution < 1.29 is 4.74 Å². The minimum atomic E-state index is 0.167. The molecule has 5 heteroatoms. The number of halogens is 1. The molecule has 0 saturated carbocycles. The van der Waals surface area contributed by atoms with Gasteiger partial charge in [0.15, 0.2) is 0 Å². The predicted octanol–water partition coefficient (Wildman–Crippen LogP) is 4.89. The Bertz CT molecular complexity index is 1140. The molecule has 1 aliphatic rings. The number of nitrogens with zero attached hydrogens (tertiary/aromatic N) is 2. The molecule has 0 aromatic heterocycles. The standard InChI is InChI=1S/C21H12ClN3O/c22-17-7-3-1-5-12(17)19-14(9-23)21(25)15(10-24)20-13-6-2-4-8-18(13)26-11-16(19)20/h1-8H,11,25H2. The number of nitriles is 2. The number of fused-ring (bicyclic) bond motifs is 3. The van der Waals surface area contributed by atoms with E-state index in [4.69, 9.17) is 22.1 Å². The van der Waals surface area contributed by atoms with E-state index in [1.807, 2.05) is 42.5 Å². The highest BCUT2D eigenvalue weighted by atomic mass is 35.5. The highest BCUT2D eigenvalue weighted by Crippen LogP contribution is 2.48. The molecule has 0 bridgehead atoms. The van der Waals surface area contributed by atoms with Crippen LogP contribution in [0.5, 0.6) is 5.75 Å². The van der Waals surface area contributed by atoms with E-state index in [2.05, 4.69) is 12.1 Å². The fraction of sp³-hybridized carbons (Fsp3) is 0.0476. The van der Waals surface area contributed by atoms with Gasteiger partial charge in [0.05, 0.1) is 16.8 Å². The van der Waals surface area contributed by atoms with Crippen molar-refractivity contribution in [2.24, 2.45) is 0 Å². The Hall–Kier alpha value is -3.47. The Balaban J connectivity index is 2.20. The van der Waals surface area contributed by atoms with Crippen LogP contribution in [0.25, 0.3) is 22.3 Å². The topological polar surface area (TPSA) is 82.8 Å². The average molecular weight is 358 g/mol. The van der Waals surface area contributed by atoms with E-state index in [1.54, 1.807) is 6.07 Å². The first-order valence-electron chi connectivity index (χ1n) is 7.93. The van der Waals surface area contributed by atoms with Crippen LogP contribution in [0, 0.1) is 22.7 Å². The molecule has 0 unspecified atom stereocenters. The first-order chi connectivity index (χ1) is 12.7. The largest absolute Gasteiger partial charge is 0.488 e. The lowest BCUT2D eigenvalue weighted by Gasteiger charge is -2.26. The van der Waals surface area contributed by atoms with Gasteiger partial charge in [-0.2, -0.15) is 10.5 Å². The molecule has 1 heterocycles. The fourth-order valence-electron chi connectivity index (χ4n) is 3.41. The lowest BCUT2D eigenvalue weighted by Crippen LogP contribution is -2.12. The summed E-state index contributed by atoms with van der Waals surface area (Å²) >= 11 is 6.40. The van der Waals surface area contributed by atoms with Crippen LogP contribution in [0.2, 0.25) is 5.02 Å². The van der Waals surface area contributed by atoms with E-state index in [1.165, 1.54) is 0 Å². The second kappa shape index (κ2) is 6.11. The van der Waals surface area contributed by atoms with E-state index < -0.39 is 0 Å². The zero-order chi connectivity index (χ0) is 18.3. The van der Waals surface area contributed by atoms with Crippen LogP contribution in [-0.2, 0) is 6.61 Å². The number of nitrogen functional groups attached to an aromatic ring is 1. The molecular weight excluding hydrogens is 346 g/mol. The highest BCUT2D eigenvalue weighted by molar-refractivity contribution is 6.33. The summed E-state index contributed by atoms with van der Waals surface area (Å²) in [5.41, 5.74) is 10.5. The van der Waals surface area contributed by atoms with Crippen molar-refractivity contribution in [3.05, 3.63) is 70.2 Å². The van der Waals surface area contributed by atoms with Crippen molar-refractivity contribution in [2.45, 2.75) is 6.61 Å². The summed E-state index contributed by atoms with van der Waals surface area (Å²) < 4.78 is 5.89. The number of benzene rings is 3. The molecule has 4 rings (SSSR count). The lowest BCUT2D eigenvalue weighted by atomic mass is 9.83. The molecule has 1 aliphatic heterocycles. The average Bonchev–Trinajstić information content (AvgIpc) is 2.67. The van der Waals surface area contributed by atoms with Crippen molar-refractivity contribution in [2.75, 3.05) is 5.73 Å². The minimum absolute atomic E-state index is 0.167. The Morgan fingerprint density at radius 3 is 2.12 bits per heavy atom. The number of hydrogen-bond acceptors (Lipinski definition) is 4. The first-order valence-corrected chi connectivity index (χ1v) is 8.30. The van der Waals surface area contributed by atoms with E-state index in [9.17, 15) is 10.5 Å². The molecule has 3 aromatic rings. The van der Waals surface area contributed by atoms with Crippen LogP contribution >= 0.6 is 11.6 Å². The summed E-state index contributed by atoms with van der Waals surface area (Å²) in [6, 6.07) is 19.1. The Morgan fingerprint density at radius 2 is 1.46 bits per heavy atom. The van der Waals surface area contributed by atoms with Gasteiger partial charge in [-0.15, -0.1) is 0 Å². The smallest absolute Gasteiger partial charge is 0.127 e. The highest BCUT2D eigenvalue weighted by Gasteiger charge is 2.29. The van der Waals surface area contributed by atoms with Crippen LogP contribution in [-0.4, -0.2) is 0 Å². The first kappa shape index (κ1) is 16.0. The van der Waals surface area contributed by atoms with Crippen molar-refractivity contribution >= 4 is 17.3 Å². The molecule has 0 saturated heterocycles. The maximum absolute atomic E-state index is 9.74.